The van der Waals surface area contributed by atoms with E-state index in [9.17, 15) is 4.79 Å². The Balaban J connectivity index is 2.07. The molecule has 0 saturated heterocycles. The van der Waals surface area contributed by atoms with Crippen LogP contribution in [0.3, 0.4) is 0 Å². The molecule has 0 atom stereocenters. The quantitative estimate of drug-likeness (QED) is 0.786. The van der Waals surface area contributed by atoms with Gasteiger partial charge in [-0.05, 0) is 24.3 Å². The molecule has 0 aliphatic carbocycles. The maximum atomic E-state index is 11.8. The summed E-state index contributed by atoms with van der Waals surface area (Å²) in [5, 5.41) is 7.95. The van der Waals surface area contributed by atoms with Crippen molar-refractivity contribution in [3.8, 4) is 0 Å². The van der Waals surface area contributed by atoms with Crippen LogP contribution in [0.1, 0.15) is 5.69 Å². The molecule has 3 rings (SSSR count). The Bertz CT molecular complexity index is 810. The van der Waals surface area contributed by atoms with Gasteiger partial charge in [0.15, 0.2) is 0 Å². The van der Waals surface area contributed by atoms with Crippen molar-refractivity contribution in [2.24, 2.45) is 0 Å². The van der Waals surface area contributed by atoms with Gasteiger partial charge in [-0.3, -0.25) is 14.5 Å². The van der Waals surface area contributed by atoms with Crippen LogP contribution in [-0.4, -0.2) is 21.8 Å². The lowest BCUT2D eigenvalue weighted by atomic mass is 10.2. The first-order valence-electron chi connectivity index (χ1n) is 6.35. The van der Waals surface area contributed by atoms with Crippen LogP contribution in [0.25, 0.3) is 10.9 Å². The predicted molar refractivity (Wildman–Crippen MR) is 78.9 cm³/mol. The number of nitrogens with one attached hydrogen (secondary N) is 1. The van der Waals surface area contributed by atoms with Gasteiger partial charge in [0.25, 0.3) is 0 Å². The molecule has 3 aromatic rings. The number of nitrogens with zero attached hydrogens (tertiary/aromatic N) is 3. The smallest absolute Gasteiger partial charge is 0.207 e. The van der Waals surface area contributed by atoms with Gasteiger partial charge in [0, 0.05) is 24.3 Å². The van der Waals surface area contributed by atoms with E-state index in [2.05, 4.69) is 15.4 Å². The molecular weight excluding hydrogens is 252 g/mol. The second kappa shape index (κ2) is 5.13. The van der Waals surface area contributed by atoms with E-state index in [4.69, 9.17) is 0 Å². The van der Waals surface area contributed by atoms with E-state index in [1.165, 1.54) is 6.20 Å². The average Bonchev–Trinajstić information content (AvgIpc) is 2.51. The third-order valence-corrected chi connectivity index (χ3v) is 3.18. The fourth-order valence-corrected chi connectivity index (χ4v) is 2.16. The number of fused-ring (bicyclic) bond motifs is 1. The van der Waals surface area contributed by atoms with Gasteiger partial charge in [-0.15, -0.1) is 0 Å². The molecule has 2 heterocycles. The molecule has 1 aromatic carbocycles. The molecule has 20 heavy (non-hydrogen) atoms. The number of rotatable bonds is 3. The Hall–Kier alpha value is -2.69. The van der Waals surface area contributed by atoms with Gasteiger partial charge in [0.1, 0.15) is 0 Å². The predicted octanol–water partition coefficient (Wildman–Crippen LogP) is 1.88. The normalized spacial score (nSPS) is 10.7. The molecule has 0 bridgehead atoms. The highest BCUT2D eigenvalue weighted by Gasteiger charge is 2.05. The second-order valence-electron chi connectivity index (χ2n) is 4.47. The molecule has 100 valence electrons. The standard InChI is InChI=1S/C15H14N4O/c1-16-11-6-7-17-12(8-11)10-19-14-5-3-2-4-13(14)15(20)9-18-19/h2-9H,10H2,1H3,(H,16,17). The summed E-state index contributed by atoms with van der Waals surface area (Å²) in [4.78, 5) is 16.1. The van der Waals surface area contributed by atoms with Crippen LogP contribution >= 0.6 is 0 Å². The molecule has 0 fully saturated rings. The molecule has 0 unspecified atom stereocenters. The monoisotopic (exact) mass is 266 g/mol. The average molecular weight is 266 g/mol. The maximum absolute atomic E-state index is 11.8. The fraction of sp³-hybridized carbons (Fsp3) is 0.133. The highest BCUT2D eigenvalue weighted by atomic mass is 16.1. The largest absolute Gasteiger partial charge is 0.388 e. The van der Waals surface area contributed by atoms with Gasteiger partial charge in [0.05, 0.1) is 24.0 Å². The number of anilines is 1. The number of benzene rings is 1. The molecule has 0 aliphatic heterocycles. The highest BCUT2D eigenvalue weighted by molar-refractivity contribution is 5.77. The number of hydrogen-bond donors (Lipinski definition) is 1. The van der Waals surface area contributed by atoms with Crippen molar-refractivity contribution < 1.29 is 0 Å². The zero-order valence-electron chi connectivity index (χ0n) is 11.1. The van der Waals surface area contributed by atoms with Crippen LogP contribution in [0.5, 0.6) is 0 Å². The molecule has 2 aromatic heterocycles. The first-order valence-corrected chi connectivity index (χ1v) is 6.35. The van der Waals surface area contributed by atoms with Crippen molar-refractivity contribution in [1.82, 2.24) is 14.8 Å². The van der Waals surface area contributed by atoms with Crippen molar-refractivity contribution >= 4 is 16.6 Å². The summed E-state index contributed by atoms with van der Waals surface area (Å²) in [6, 6.07) is 11.3. The van der Waals surface area contributed by atoms with Crippen LogP contribution in [0.4, 0.5) is 5.69 Å². The molecule has 0 spiro atoms. The van der Waals surface area contributed by atoms with E-state index in [0.29, 0.717) is 11.9 Å². The van der Waals surface area contributed by atoms with Crippen molar-refractivity contribution in [2.75, 3.05) is 12.4 Å². The molecule has 0 radical (unpaired) electrons. The maximum Gasteiger partial charge on any atom is 0.207 e. The number of hydrogen-bond acceptors (Lipinski definition) is 4. The minimum Gasteiger partial charge on any atom is -0.388 e. The number of pyridine rings is 1. The molecule has 0 saturated carbocycles. The van der Waals surface area contributed by atoms with Crippen LogP contribution in [-0.2, 0) is 6.54 Å². The molecular formula is C15H14N4O. The summed E-state index contributed by atoms with van der Waals surface area (Å²) in [5.74, 6) is 0. The fourth-order valence-electron chi connectivity index (χ4n) is 2.16. The van der Waals surface area contributed by atoms with Crippen LogP contribution < -0.4 is 10.7 Å². The van der Waals surface area contributed by atoms with E-state index in [-0.39, 0.29) is 5.43 Å². The Morgan fingerprint density at radius 2 is 2.10 bits per heavy atom. The van der Waals surface area contributed by atoms with E-state index >= 15 is 0 Å². The third-order valence-electron chi connectivity index (χ3n) is 3.18. The van der Waals surface area contributed by atoms with E-state index in [0.717, 1.165) is 16.9 Å². The SMILES string of the molecule is CNc1ccnc(Cn2ncc(=O)c3ccccc32)c1. The Morgan fingerprint density at radius 1 is 1.25 bits per heavy atom. The summed E-state index contributed by atoms with van der Waals surface area (Å²) in [7, 11) is 1.87. The van der Waals surface area contributed by atoms with Gasteiger partial charge < -0.3 is 5.32 Å². The lowest BCUT2D eigenvalue weighted by Crippen LogP contribution is -2.13. The number of para-hydroxylation sites is 1. The number of aromatic nitrogens is 3. The minimum absolute atomic E-state index is 0.0613. The van der Waals surface area contributed by atoms with E-state index < -0.39 is 0 Å². The summed E-state index contributed by atoms with van der Waals surface area (Å²) >= 11 is 0. The summed E-state index contributed by atoms with van der Waals surface area (Å²) < 4.78 is 1.79. The zero-order valence-corrected chi connectivity index (χ0v) is 11.1. The molecule has 5 heteroatoms. The molecule has 1 N–H and O–H groups in total. The van der Waals surface area contributed by atoms with Crippen LogP contribution in [0, 0.1) is 0 Å². The lowest BCUT2D eigenvalue weighted by Gasteiger charge is -2.09. The lowest BCUT2D eigenvalue weighted by molar-refractivity contribution is 0.681. The van der Waals surface area contributed by atoms with Crippen molar-refractivity contribution in [2.45, 2.75) is 6.54 Å². The van der Waals surface area contributed by atoms with Crippen LogP contribution in [0.2, 0.25) is 0 Å². The van der Waals surface area contributed by atoms with Crippen molar-refractivity contribution in [3.63, 3.8) is 0 Å². The van der Waals surface area contributed by atoms with E-state index in [1.807, 2.05) is 43.4 Å². The van der Waals surface area contributed by atoms with Crippen LogP contribution in [0.15, 0.2) is 53.6 Å². The first-order chi connectivity index (χ1) is 9.78. The minimum atomic E-state index is -0.0613. The van der Waals surface area contributed by atoms with Gasteiger partial charge in [-0.2, -0.15) is 5.10 Å². The zero-order chi connectivity index (χ0) is 13.9. The molecule has 0 amide bonds. The van der Waals surface area contributed by atoms with Gasteiger partial charge in [0.2, 0.25) is 5.43 Å². The first kappa shape index (κ1) is 12.3. The molecule has 5 nitrogen and oxygen atoms in total. The highest BCUT2D eigenvalue weighted by Crippen LogP contribution is 2.12. The van der Waals surface area contributed by atoms with E-state index in [1.54, 1.807) is 10.9 Å². The van der Waals surface area contributed by atoms with Crippen molar-refractivity contribution in [1.29, 1.82) is 0 Å². The third kappa shape index (κ3) is 2.25. The Morgan fingerprint density at radius 3 is 2.95 bits per heavy atom. The van der Waals surface area contributed by atoms with Crippen molar-refractivity contribution in [3.05, 3.63) is 64.7 Å². The Labute approximate surface area is 115 Å². The van der Waals surface area contributed by atoms with Gasteiger partial charge in [-0.25, -0.2) is 0 Å². The summed E-state index contributed by atoms with van der Waals surface area (Å²) in [6.45, 7) is 0.524. The van der Waals surface area contributed by atoms with Gasteiger partial charge in [-0.1, -0.05) is 12.1 Å². The Kier molecular flexibility index (Phi) is 3.16. The summed E-state index contributed by atoms with van der Waals surface area (Å²) in [5.41, 5.74) is 2.64. The molecule has 0 aliphatic rings. The summed E-state index contributed by atoms with van der Waals surface area (Å²) in [6.07, 6.45) is 3.11. The second-order valence-corrected chi connectivity index (χ2v) is 4.47. The van der Waals surface area contributed by atoms with Gasteiger partial charge >= 0.3 is 0 Å². The topological polar surface area (TPSA) is 59.8 Å².